The largest absolute Gasteiger partial charge is 0.451 e. The normalized spacial score (nSPS) is 13.4. The fraction of sp³-hybridized carbons (Fsp3) is 0.263. The second kappa shape index (κ2) is 6.02. The number of fused-ring (bicyclic) bond motifs is 3. The van der Waals surface area contributed by atoms with Crippen molar-refractivity contribution in [3.63, 3.8) is 0 Å². The fourth-order valence-electron chi connectivity index (χ4n) is 3.44. The van der Waals surface area contributed by atoms with E-state index in [1.54, 1.807) is 11.5 Å². The van der Waals surface area contributed by atoms with E-state index in [1.807, 2.05) is 24.3 Å². The van der Waals surface area contributed by atoms with Gasteiger partial charge in [0.2, 0.25) is 5.89 Å². The third-order valence-electron chi connectivity index (χ3n) is 4.76. The third-order valence-corrected chi connectivity index (χ3v) is 5.93. The quantitative estimate of drug-likeness (QED) is 0.507. The van der Waals surface area contributed by atoms with Crippen LogP contribution in [0.2, 0.25) is 0 Å². The van der Waals surface area contributed by atoms with Crippen LogP contribution in [0, 0.1) is 6.92 Å². The van der Waals surface area contributed by atoms with Crippen LogP contribution in [0.25, 0.3) is 21.3 Å². The summed E-state index contributed by atoms with van der Waals surface area (Å²) in [6.45, 7) is 2.38. The Bertz CT molecular complexity index is 1230. The van der Waals surface area contributed by atoms with Gasteiger partial charge in [-0.05, 0) is 31.0 Å². The average Bonchev–Trinajstić information content (AvgIpc) is 3.36. The molecule has 0 aliphatic carbocycles. The smallest absolute Gasteiger partial charge is 0.349 e. The first-order chi connectivity index (χ1) is 13.1. The number of hydrogen-bond acceptors (Lipinski definition) is 7. The Morgan fingerprint density at radius 1 is 1.33 bits per heavy atom. The lowest BCUT2D eigenvalue weighted by atomic mass is 10.2. The Hall–Kier alpha value is -3.00. The zero-order valence-electron chi connectivity index (χ0n) is 14.5. The number of para-hydroxylation sites is 2. The highest BCUT2D eigenvalue weighted by Gasteiger charge is 2.24. The molecule has 3 aromatic heterocycles. The number of aryl methyl sites for hydroxylation is 2. The molecule has 7 nitrogen and oxygen atoms in total. The van der Waals surface area contributed by atoms with Gasteiger partial charge in [-0.1, -0.05) is 12.1 Å². The minimum atomic E-state index is -0.498. The van der Waals surface area contributed by atoms with Crippen molar-refractivity contribution in [2.75, 3.05) is 0 Å². The maximum absolute atomic E-state index is 12.7. The molecule has 5 rings (SSSR count). The second-order valence-electron chi connectivity index (χ2n) is 6.48. The highest BCUT2D eigenvalue weighted by Crippen LogP contribution is 2.29. The summed E-state index contributed by atoms with van der Waals surface area (Å²) in [5, 5.41) is 0.513. The molecule has 1 aliphatic rings. The number of carbonyl (C=O) groups is 1. The molecular weight excluding hydrogens is 366 g/mol. The molecule has 4 heterocycles. The van der Waals surface area contributed by atoms with E-state index in [0.29, 0.717) is 44.2 Å². The Labute approximate surface area is 157 Å². The van der Waals surface area contributed by atoms with Crippen molar-refractivity contribution in [2.45, 2.75) is 32.9 Å². The van der Waals surface area contributed by atoms with Gasteiger partial charge in [-0.15, -0.1) is 11.3 Å². The molecular formula is C19H15N3O4S. The summed E-state index contributed by atoms with van der Waals surface area (Å²) in [6, 6.07) is 7.36. The maximum atomic E-state index is 12.7. The standard InChI is InChI=1S/C19H15N3O4S/c1-10-15-17(21-13-7-4-8-22(13)18(15)23)27-16(10)19(24)25-9-14-20-11-5-2-3-6-12(11)26-14/h2-3,5-6H,4,7-9H2,1H3. The minimum Gasteiger partial charge on any atom is -0.451 e. The van der Waals surface area contributed by atoms with Crippen molar-refractivity contribution in [1.29, 1.82) is 0 Å². The lowest BCUT2D eigenvalue weighted by molar-refractivity contribution is 0.0445. The van der Waals surface area contributed by atoms with Crippen molar-refractivity contribution in [3.8, 4) is 0 Å². The van der Waals surface area contributed by atoms with Gasteiger partial charge in [0.15, 0.2) is 12.2 Å². The van der Waals surface area contributed by atoms with Crippen LogP contribution in [-0.2, 0) is 24.3 Å². The van der Waals surface area contributed by atoms with Crippen molar-refractivity contribution in [3.05, 3.63) is 56.8 Å². The Balaban J connectivity index is 1.44. The summed E-state index contributed by atoms with van der Waals surface area (Å²) < 4.78 is 12.6. The van der Waals surface area contributed by atoms with Gasteiger partial charge in [-0.2, -0.15) is 0 Å². The number of benzene rings is 1. The molecule has 136 valence electrons. The molecule has 0 saturated heterocycles. The molecule has 1 aliphatic heterocycles. The van der Waals surface area contributed by atoms with E-state index in [2.05, 4.69) is 9.97 Å². The van der Waals surface area contributed by atoms with Gasteiger partial charge in [-0.25, -0.2) is 14.8 Å². The Morgan fingerprint density at radius 2 is 2.19 bits per heavy atom. The molecule has 0 fully saturated rings. The number of thiophene rings is 1. The van der Waals surface area contributed by atoms with Gasteiger partial charge in [0.25, 0.3) is 5.56 Å². The predicted molar refractivity (Wildman–Crippen MR) is 100 cm³/mol. The van der Waals surface area contributed by atoms with Gasteiger partial charge in [0, 0.05) is 13.0 Å². The van der Waals surface area contributed by atoms with Gasteiger partial charge >= 0.3 is 5.97 Å². The lowest BCUT2D eigenvalue weighted by Gasteiger charge is -2.02. The highest BCUT2D eigenvalue weighted by atomic mass is 32.1. The van der Waals surface area contributed by atoms with E-state index < -0.39 is 5.97 Å². The van der Waals surface area contributed by atoms with E-state index in [0.717, 1.165) is 18.7 Å². The van der Waals surface area contributed by atoms with E-state index in [-0.39, 0.29) is 12.2 Å². The summed E-state index contributed by atoms with van der Waals surface area (Å²) in [4.78, 5) is 35.1. The molecule has 8 heteroatoms. The minimum absolute atomic E-state index is 0.0654. The predicted octanol–water partition coefficient (Wildman–Crippen LogP) is 3.21. The first-order valence-electron chi connectivity index (χ1n) is 8.66. The van der Waals surface area contributed by atoms with E-state index >= 15 is 0 Å². The van der Waals surface area contributed by atoms with Gasteiger partial charge in [-0.3, -0.25) is 9.36 Å². The van der Waals surface area contributed by atoms with Gasteiger partial charge in [0.1, 0.15) is 21.0 Å². The van der Waals surface area contributed by atoms with Crippen LogP contribution in [0.5, 0.6) is 0 Å². The number of aromatic nitrogens is 3. The molecule has 0 radical (unpaired) electrons. The second-order valence-corrected chi connectivity index (χ2v) is 7.48. The van der Waals surface area contributed by atoms with Crippen LogP contribution in [-0.4, -0.2) is 20.5 Å². The first-order valence-corrected chi connectivity index (χ1v) is 9.48. The Kier molecular flexibility index (Phi) is 3.61. The third kappa shape index (κ3) is 2.56. The molecule has 0 unspecified atom stereocenters. The molecule has 0 atom stereocenters. The molecule has 0 bridgehead atoms. The monoisotopic (exact) mass is 381 g/mol. The molecule has 0 saturated carbocycles. The number of hydrogen-bond donors (Lipinski definition) is 0. The lowest BCUT2D eigenvalue weighted by Crippen LogP contribution is -2.20. The number of ether oxygens (including phenoxy) is 1. The molecule has 4 aromatic rings. The SMILES string of the molecule is Cc1c(C(=O)OCc2nc3ccccc3o2)sc2nc3n(c(=O)c12)CCC3. The number of oxazole rings is 1. The van der Waals surface area contributed by atoms with Crippen LogP contribution in [0.3, 0.4) is 0 Å². The van der Waals surface area contributed by atoms with Crippen LogP contribution < -0.4 is 5.56 Å². The summed E-state index contributed by atoms with van der Waals surface area (Å²) in [7, 11) is 0. The van der Waals surface area contributed by atoms with Crippen LogP contribution in [0.4, 0.5) is 0 Å². The molecule has 1 aromatic carbocycles. The summed E-state index contributed by atoms with van der Waals surface area (Å²) >= 11 is 1.20. The van der Waals surface area contributed by atoms with Crippen molar-refractivity contribution >= 4 is 38.6 Å². The zero-order valence-corrected chi connectivity index (χ0v) is 15.3. The van der Waals surface area contributed by atoms with Crippen LogP contribution >= 0.6 is 11.3 Å². The van der Waals surface area contributed by atoms with Crippen molar-refractivity contribution in [2.24, 2.45) is 0 Å². The summed E-state index contributed by atoms with van der Waals surface area (Å²) in [5.41, 5.74) is 1.91. The highest BCUT2D eigenvalue weighted by molar-refractivity contribution is 7.20. The van der Waals surface area contributed by atoms with Crippen molar-refractivity contribution in [1.82, 2.24) is 14.5 Å². The maximum Gasteiger partial charge on any atom is 0.349 e. The van der Waals surface area contributed by atoms with Gasteiger partial charge < -0.3 is 9.15 Å². The fourth-order valence-corrected chi connectivity index (χ4v) is 4.53. The Morgan fingerprint density at radius 3 is 3.04 bits per heavy atom. The average molecular weight is 381 g/mol. The number of rotatable bonds is 3. The van der Waals surface area contributed by atoms with Crippen LogP contribution in [0.1, 0.15) is 33.4 Å². The number of esters is 1. The summed E-state index contributed by atoms with van der Waals surface area (Å²) in [6.07, 6.45) is 1.72. The first kappa shape index (κ1) is 16.2. The topological polar surface area (TPSA) is 87.2 Å². The van der Waals surface area contributed by atoms with E-state index in [4.69, 9.17) is 9.15 Å². The molecule has 0 spiro atoms. The van der Waals surface area contributed by atoms with E-state index in [1.165, 1.54) is 11.3 Å². The van der Waals surface area contributed by atoms with Crippen molar-refractivity contribution < 1.29 is 13.9 Å². The van der Waals surface area contributed by atoms with Crippen LogP contribution in [0.15, 0.2) is 33.5 Å². The zero-order chi connectivity index (χ0) is 18.5. The van der Waals surface area contributed by atoms with E-state index in [9.17, 15) is 9.59 Å². The molecule has 27 heavy (non-hydrogen) atoms. The number of nitrogens with zero attached hydrogens (tertiary/aromatic N) is 3. The van der Waals surface area contributed by atoms with Gasteiger partial charge in [0.05, 0.1) is 5.39 Å². The summed E-state index contributed by atoms with van der Waals surface area (Å²) in [5.74, 6) is 0.628. The number of carbonyl (C=O) groups excluding carboxylic acids is 1. The molecule has 0 amide bonds. The molecule has 0 N–H and O–H groups in total.